The number of rotatable bonds is 5. The summed E-state index contributed by atoms with van der Waals surface area (Å²) in [6.07, 6.45) is 0.919. The quantitative estimate of drug-likeness (QED) is 0.776. The standard InChI is InChI=1S/C14H24N4O/c1-10-8-15-9-13(10)14(19)16-5-4-6-18-12(3)7-11(2)17-18/h7,10,13,15H,4-6,8-9H2,1-3H3,(H,16,19)/t10-,13-/m1/s1. The van der Waals surface area contributed by atoms with Crippen LogP contribution >= 0.6 is 0 Å². The molecule has 19 heavy (non-hydrogen) atoms. The molecule has 2 N–H and O–H groups in total. The van der Waals surface area contributed by atoms with Crippen LogP contribution < -0.4 is 10.6 Å². The van der Waals surface area contributed by atoms with Crippen LogP contribution in [0.25, 0.3) is 0 Å². The molecule has 1 saturated heterocycles. The van der Waals surface area contributed by atoms with Crippen molar-refractivity contribution < 1.29 is 4.79 Å². The van der Waals surface area contributed by atoms with Crippen LogP contribution in [0.1, 0.15) is 24.7 Å². The SMILES string of the molecule is Cc1cc(C)n(CCCNC(=O)[C@@H]2CNC[C@H]2C)n1. The summed E-state index contributed by atoms with van der Waals surface area (Å²) < 4.78 is 2.00. The minimum absolute atomic E-state index is 0.133. The first kappa shape index (κ1) is 14.1. The van der Waals surface area contributed by atoms with Gasteiger partial charge >= 0.3 is 0 Å². The zero-order valence-electron chi connectivity index (χ0n) is 12.1. The van der Waals surface area contributed by atoms with Crippen LogP contribution in [0.5, 0.6) is 0 Å². The van der Waals surface area contributed by atoms with Crippen molar-refractivity contribution in [2.45, 2.75) is 33.7 Å². The van der Waals surface area contributed by atoms with Crippen molar-refractivity contribution in [3.05, 3.63) is 17.5 Å². The Bertz CT molecular complexity index is 441. The highest BCUT2D eigenvalue weighted by molar-refractivity contribution is 5.79. The first-order valence-electron chi connectivity index (χ1n) is 7.07. The van der Waals surface area contributed by atoms with Gasteiger partial charge in [0.2, 0.25) is 5.91 Å². The highest BCUT2D eigenvalue weighted by Crippen LogP contribution is 2.15. The summed E-state index contributed by atoms with van der Waals surface area (Å²) in [6.45, 7) is 9.53. The second-order valence-electron chi connectivity index (χ2n) is 5.54. The van der Waals surface area contributed by atoms with Crippen LogP contribution in [0.15, 0.2) is 6.07 Å². The predicted molar refractivity (Wildman–Crippen MR) is 74.9 cm³/mol. The van der Waals surface area contributed by atoms with Gasteiger partial charge in [-0.2, -0.15) is 5.10 Å². The molecular formula is C14H24N4O. The lowest BCUT2D eigenvalue weighted by molar-refractivity contribution is -0.125. The van der Waals surface area contributed by atoms with E-state index in [1.54, 1.807) is 0 Å². The fourth-order valence-corrected chi connectivity index (χ4v) is 2.63. The van der Waals surface area contributed by atoms with Crippen LogP contribution in [0.3, 0.4) is 0 Å². The summed E-state index contributed by atoms with van der Waals surface area (Å²) in [5.74, 6) is 0.760. The molecule has 1 aromatic heterocycles. The molecule has 1 amide bonds. The van der Waals surface area contributed by atoms with Crippen molar-refractivity contribution in [1.82, 2.24) is 20.4 Å². The molecule has 0 aromatic carbocycles. The topological polar surface area (TPSA) is 59.0 Å². The van der Waals surface area contributed by atoms with E-state index in [-0.39, 0.29) is 11.8 Å². The highest BCUT2D eigenvalue weighted by atomic mass is 16.1. The second kappa shape index (κ2) is 6.19. The van der Waals surface area contributed by atoms with Gasteiger partial charge in [-0.05, 0) is 38.8 Å². The number of nitrogens with zero attached hydrogens (tertiary/aromatic N) is 2. The van der Waals surface area contributed by atoms with Crippen molar-refractivity contribution in [2.24, 2.45) is 11.8 Å². The molecule has 0 radical (unpaired) electrons. The molecule has 0 unspecified atom stereocenters. The Labute approximate surface area is 114 Å². The van der Waals surface area contributed by atoms with Gasteiger partial charge in [0.1, 0.15) is 0 Å². The molecule has 0 saturated carbocycles. The number of hydrogen-bond donors (Lipinski definition) is 2. The largest absolute Gasteiger partial charge is 0.356 e. The molecule has 1 fully saturated rings. The van der Waals surface area contributed by atoms with E-state index in [0.717, 1.165) is 38.3 Å². The van der Waals surface area contributed by atoms with Crippen molar-refractivity contribution >= 4 is 5.91 Å². The van der Waals surface area contributed by atoms with E-state index in [2.05, 4.69) is 35.6 Å². The molecule has 5 nitrogen and oxygen atoms in total. The fourth-order valence-electron chi connectivity index (χ4n) is 2.63. The van der Waals surface area contributed by atoms with Crippen LogP contribution in [-0.2, 0) is 11.3 Å². The average molecular weight is 264 g/mol. The number of aromatic nitrogens is 2. The second-order valence-corrected chi connectivity index (χ2v) is 5.54. The molecule has 5 heteroatoms. The van der Waals surface area contributed by atoms with E-state index >= 15 is 0 Å². The Hall–Kier alpha value is -1.36. The molecule has 0 spiro atoms. The summed E-state index contributed by atoms with van der Waals surface area (Å²) in [6, 6.07) is 2.07. The monoisotopic (exact) mass is 264 g/mol. The summed E-state index contributed by atoms with van der Waals surface area (Å²) in [5, 5.41) is 10.7. The smallest absolute Gasteiger partial charge is 0.224 e. The molecule has 0 aliphatic carbocycles. The molecular weight excluding hydrogens is 240 g/mol. The number of carbonyl (C=O) groups is 1. The van der Waals surface area contributed by atoms with Gasteiger partial charge in [0.05, 0.1) is 11.6 Å². The predicted octanol–water partition coefficient (Wildman–Crippen LogP) is 0.862. The maximum absolute atomic E-state index is 12.0. The van der Waals surface area contributed by atoms with Gasteiger partial charge in [-0.3, -0.25) is 9.48 Å². The highest BCUT2D eigenvalue weighted by Gasteiger charge is 2.28. The van der Waals surface area contributed by atoms with E-state index in [9.17, 15) is 4.79 Å². The van der Waals surface area contributed by atoms with Gasteiger partial charge in [0.25, 0.3) is 0 Å². The summed E-state index contributed by atoms with van der Waals surface area (Å²) in [7, 11) is 0. The van der Waals surface area contributed by atoms with Gasteiger partial charge in [-0.1, -0.05) is 6.92 Å². The summed E-state index contributed by atoms with van der Waals surface area (Å²) in [4.78, 5) is 12.0. The zero-order chi connectivity index (χ0) is 13.8. The number of carbonyl (C=O) groups excluding carboxylic acids is 1. The van der Waals surface area contributed by atoms with Gasteiger partial charge < -0.3 is 10.6 Å². The van der Waals surface area contributed by atoms with E-state index in [1.165, 1.54) is 5.69 Å². The lowest BCUT2D eigenvalue weighted by Crippen LogP contribution is -2.35. The van der Waals surface area contributed by atoms with E-state index in [4.69, 9.17) is 0 Å². The van der Waals surface area contributed by atoms with Crippen molar-refractivity contribution in [3.63, 3.8) is 0 Å². The molecule has 106 valence electrons. The summed E-state index contributed by atoms with van der Waals surface area (Å²) in [5.41, 5.74) is 2.23. The third kappa shape index (κ3) is 3.56. The maximum Gasteiger partial charge on any atom is 0.224 e. The lowest BCUT2D eigenvalue weighted by Gasteiger charge is -2.14. The summed E-state index contributed by atoms with van der Waals surface area (Å²) >= 11 is 0. The number of amides is 1. The third-order valence-electron chi connectivity index (χ3n) is 3.80. The van der Waals surface area contributed by atoms with E-state index in [0.29, 0.717) is 5.92 Å². The van der Waals surface area contributed by atoms with Gasteiger partial charge in [0, 0.05) is 25.3 Å². The Morgan fingerprint density at radius 3 is 2.89 bits per heavy atom. The van der Waals surface area contributed by atoms with E-state index in [1.807, 2.05) is 11.6 Å². The molecule has 1 aromatic rings. The first-order valence-corrected chi connectivity index (χ1v) is 7.07. The lowest BCUT2D eigenvalue weighted by atomic mass is 9.97. The van der Waals surface area contributed by atoms with Crippen LogP contribution in [0, 0.1) is 25.7 Å². The van der Waals surface area contributed by atoms with Crippen molar-refractivity contribution in [3.8, 4) is 0 Å². The Morgan fingerprint density at radius 1 is 1.53 bits per heavy atom. The Balaban J connectivity index is 1.69. The minimum Gasteiger partial charge on any atom is -0.356 e. The minimum atomic E-state index is 0.133. The molecule has 2 atom stereocenters. The number of aryl methyl sites for hydroxylation is 3. The van der Waals surface area contributed by atoms with Crippen LogP contribution in [0.4, 0.5) is 0 Å². The van der Waals surface area contributed by atoms with Gasteiger partial charge in [-0.25, -0.2) is 0 Å². The zero-order valence-corrected chi connectivity index (χ0v) is 12.1. The number of nitrogens with one attached hydrogen (secondary N) is 2. The van der Waals surface area contributed by atoms with Crippen molar-refractivity contribution in [1.29, 1.82) is 0 Å². The normalized spacial score (nSPS) is 22.7. The van der Waals surface area contributed by atoms with E-state index < -0.39 is 0 Å². The van der Waals surface area contributed by atoms with Crippen molar-refractivity contribution in [2.75, 3.05) is 19.6 Å². The molecule has 0 bridgehead atoms. The maximum atomic E-state index is 12.0. The Kier molecular flexibility index (Phi) is 4.58. The molecule has 2 heterocycles. The van der Waals surface area contributed by atoms with Crippen LogP contribution in [0.2, 0.25) is 0 Å². The Morgan fingerprint density at radius 2 is 2.32 bits per heavy atom. The molecule has 2 rings (SSSR count). The first-order chi connectivity index (χ1) is 9.08. The van der Waals surface area contributed by atoms with Gasteiger partial charge in [0.15, 0.2) is 0 Å². The number of hydrogen-bond acceptors (Lipinski definition) is 3. The fraction of sp³-hybridized carbons (Fsp3) is 0.714. The molecule has 1 aliphatic rings. The third-order valence-corrected chi connectivity index (χ3v) is 3.80. The van der Waals surface area contributed by atoms with Crippen LogP contribution in [-0.4, -0.2) is 35.3 Å². The average Bonchev–Trinajstić information content (AvgIpc) is 2.91. The van der Waals surface area contributed by atoms with Gasteiger partial charge in [-0.15, -0.1) is 0 Å². The molecule has 1 aliphatic heterocycles.